The van der Waals surface area contributed by atoms with E-state index in [-0.39, 0.29) is 52.6 Å². The molecule has 3 aromatic rings. The second-order valence-electron chi connectivity index (χ2n) is 10.7. The van der Waals surface area contributed by atoms with Gasteiger partial charge in [-0.3, -0.25) is 14.2 Å². The number of amides is 2. The van der Waals surface area contributed by atoms with E-state index < -0.39 is 31.3 Å². The zero-order chi connectivity index (χ0) is 32.7. The lowest BCUT2D eigenvalue weighted by Gasteiger charge is -2.36. The van der Waals surface area contributed by atoms with E-state index >= 15 is 0 Å². The molecule has 2 aromatic carbocycles. The largest absolute Gasteiger partial charge is 0.495 e. The predicted molar refractivity (Wildman–Crippen MR) is 159 cm³/mol. The molecule has 0 atom stereocenters. The van der Waals surface area contributed by atoms with Crippen molar-refractivity contribution in [1.29, 1.82) is 0 Å². The maximum atomic E-state index is 14.1. The summed E-state index contributed by atoms with van der Waals surface area (Å²) in [7, 11) is -1.42. The number of carbonyl (C=O) groups is 2. The normalized spacial score (nSPS) is 15.3. The SMILES string of the molecule is COc1cc(CP(=O)(O)O)ccc1Nc1ncc(C(F)(F)F)c(Nc2ccc(N3CCN(C(C)=O)CC3)c3c2C(=O)N(C)C3)n1. The van der Waals surface area contributed by atoms with E-state index in [4.69, 9.17) is 4.74 Å². The highest BCUT2D eigenvalue weighted by molar-refractivity contribution is 7.50. The zero-order valence-corrected chi connectivity index (χ0v) is 25.4. The Kier molecular flexibility index (Phi) is 8.66. The van der Waals surface area contributed by atoms with Crippen molar-refractivity contribution in [3.05, 3.63) is 58.8 Å². The van der Waals surface area contributed by atoms with E-state index in [1.54, 1.807) is 24.1 Å². The molecule has 1 saturated heterocycles. The molecule has 0 unspecified atom stereocenters. The average molecular weight is 650 g/mol. The van der Waals surface area contributed by atoms with Crippen molar-refractivity contribution < 1.29 is 41.8 Å². The molecule has 3 heterocycles. The van der Waals surface area contributed by atoms with Crippen LogP contribution in [-0.2, 0) is 28.2 Å². The number of aromatic nitrogens is 2. The van der Waals surface area contributed by atoms with Crippen LogP contribution in [0.4, 0.5) is 42.0 Å². The Bertz CT molecular complexity index is 1690. The van der Waals surface area contributed by atoms with Crippen molar-refractivity contribution >= 4 is 48.2 Å². The number of methoxy groups -OCH3 is 1. The van der Waals surface area contributed by atoms with Crippen LogP contribution < -0.4 is 20.3 Å². The van der Waals surface area contributed by atoms with E-state index in [0.29, 0.717) is 37.9 Å². The maximum Gasteiger partial charge on any atom is 0.421 e. The van der Waals surface area contributed by atoms with Crippen LogP contribution in [0.3, 0.4) is 0 Å². The van der Waals surface area contributed by atoms with Crippen LogP contribution in [0.2, 0.25) is 0 Å². The fraction of sp³-hybridized carbons (Fsp3) is 0.357. The third kappa shape index (κ3) is 6.97. The molecular weight excluding hydrogens is 618 g/mol. The number of fused-ring (bicyclic) bond motifs is 1. The lowest BCUT2D eigenvalue weighted by molar-refractivity contribution is -0.137. The molecule has 1 aromatic heterocycles. The lowest BCUT2D eigenvalue weighted by Crippen LogP contribution is -2.48. The fourth-order valence-corrected chi connectivity index (χ4v) is 6.04. The minimum absolute atomic E-state index is 0.0242. The fourth-order valence-electron chi connectivity index (χ4n) is 5.37. The van der Waals surface area contributed by atoms with Gasteiger partial charge in [0.05, 0.1) is 30.2 Å². The Morgan fingerprint density at radius 1 is 1.09 bits per heavy atom. The molecule has 17 heteroatoms. The first-order valence-corrected chi connectivity index (χ1v) is 15.6. The summed E-state index contributed by atoms with van der Waals surface area (Å²) >= 11 is 0. The Balaban J connectivity index is 1.48. The smallest absolute Gasteiger partial charge is 0.421 e. The lowest BCUT2D eigenvalue weighted by atomic mass is 10.0. The number of rotatable bonds is 8. The van der Waals surface area contributed by atoms with Gasteiger partial charge in [-0.2, -0.15) is 18.2 Å². The van der Waals surface area contributed by atoms with Crippen LogP contribution in [0.15, 0.2) is 36.5 Å². The molecule has 0 bridgehead atoms. The number of anilines is 5. The molecule has 240 valence electrons. The summed E-state index contributed by atoms with van der Waals surface area (Å²) in [6, 6.07) is 7.54. The molecule has 0 saturated carbocycles. The molecule has 45 heavy (non-hydrogen) atoms. The van der Waals surface area contributed by atoms with Gasteiger partial charge in [0, 0.05) is 64.1 Å². The van der Waals surface area contributed by atoms with Gasteiger partial charge in [-0.1, -0.05) is 6.07 Å². The van der Waals surface area contributed by atoms with E-state index in [1.807, 2.05) is 0 Å². The Labute approximate surface area is 256 Å². The minimum atomic E-state index is -4.83. The van der Waals surface area contributed by atoms with Gasteiger partial charge in [-0.15, -0.1) is 0 Å². The van der Waals surface area contributed by atoms with Crippen molar-refractivity contribution in [2.24, 2.45) is 0 Å². The van der Waals surface area contributed by atoms with E-state index in [2.05, 4.69) is 25.5 Å². The molecule has 0 radical (unpaired) electrons. The van der Waals surface area contributed by atoms with E-state index in [1.165, 1.54) is 37.1 Å². The number of halogens is 3. The minimum Gasteiger partial charge on any atom is -0.495 e. The van der Waals surface area contributed by atoms with Gasteiger partial charge in [-0.05, 0) is 29.8 Å². The van der Waals surface area contributed by atoms with Crippen molar-refractivity contribution in [1.82, 2.24) is 19.8 Å². The number of alkyl halides is 3. The van der Waals surface area contributed by atoms with Crippen LogP contribution in [-0.4, -0.2) is 81.7 Å². The number of hydrogen-bond donors (Lipinski definition) is 4. The number of benzene rings is 2. The highest BCUT2D eigenvalue weighted by Gasteiger charge is 2.37. The number of piperazine rings is 1. The number of carbonyl (C=O) groups excluding carboxylic acids is 2. The number of nitrogens with zero attached hydrogens (tertiary/aromatic N) is 5. The molecule has 4 N–H and O–H groups in total. The standard InChI is InChI=1S/C28H31F3N7O6P/c1-16(39)37-8-10-38(11-9-37)22-7-6-21(24-18(22)14-36(2)26(24)40)33-25-19(28(29,30)31)13-32-27(35-25)34-20-5-4-17(12-23(20)44-3)15-45(41,42)43/h4-7,12-13H,8-11,14-15H2,1-3H3,(H2,41,42,43)(H2,32,33,34,35). The topological polar surface area (TPSA) is 160 Å². The summed E-state index contributed by atoms with van der Waals surface area (Å²) in [5.74, 6) is -1.05. The quantitative estimate of drug-likeness (QED) is 0.262. The first-order chi connectivity index (χ1) is 21.1. The summed E-state index contributed by atoms with van der Waals surface area (Å²) in [6.07, 6.45) is -4.74. The molecule has 5 rings (SSSR count). The Hall–Kier alpha value is -4.40. The predicted octanol–water partition coefficient (Wildman–Crippen LogP) is 3.92. The van der Waals surface area contributed by atoms with E-state index in [9.17, 15) is 37.1 Å². The van der Waals surface area contributed by atoms with Gasteiger partial charge in [0.25, 0.3) is 5.91 Å². The van der Waals surface area contributed by atoms with Crippen molar-refractivity contribution in [3.63, 3.8) is 0 Å². The molecule has 0 aliphatic carbocycles. The molecule has 2 aliphatic heterocycles. The van der Waals surface area contributed by atoms with Gasteiger partial charge in [0.15, 0.2) is 0 Å². The highest BCUT2D eigenvalue weighted by atomic mass is 31.2. The van der Waals surface area contributed by atoms with Gasteiger partial charge in [-0.25, -0.2) is 4.98 Å². The van der Waals surface area contributed by atoms with Gasteiger partial charge in [0.1, 0.15) is 17.1 Å². The summed E-state index contributed by atoms with van der Waals surface area (Å²) < 4.78 is 58.9. The summed E-state index contributed by atoms with van der Waals surface area (Å²) in [5.41, 5.74) is 1.16. The molecular formula is C28H31F3N7O6P. The molecule has 2 aliphatic rings. The maximum absolute atomic E-state index is 14.1. The Morgan fingerprint density at radius 2 is 1.78 bits per heavy atom. The van der Waals surface area contributed by atoms with Gasteiger partial charge < -0.3 is 39.9 Å². The van der Waals surface area contributed by atoms with Crippen LogP contribution >= 0.6 is 7.60 Å². The van der Waals surface area contributed by atoms with Crippen molar-refractivity contribution in [2.45, 2.75) is 25.8 Å². The van der Waals surface area contributed by atoms with Gasteiger partial charge >= 0.3 is 13.8 Å². The highest BCUT2D eigenvalue weighted by Crippen LogP contribution is 2.42. The summed E-state index contributed by atoms with van der Waals surface area (Å²) in [6.45, 7) is 3.87. The monoisotopic (exact) mass is 649 g/mol. The first kappa shape index (κ1) is 32.0. The number of ether oxygens (including phenoxy) is 1. The molecule has 2 amide bonds. The van der Waals surface area contributed by atoms with E-state index in [0.717, 1.165) is 5.69 Å². The summed E-state index contributed by atoms with van der Waals surface area (Å²) in [4.78, 5) is 56.7. The zero-order valence-electron chi connectivity index (χ0n) is 24.6. The second-order valence-corrected chi connectivity index (χ2v) is 12.3. The third-order valence-corrected chi connectivity index (χ3v) is 8.33. The Morgan fingerprint density at radius 3 is 2.40 bits per heavy atom. The third-order valence-electron chi connectivity index (χ3n) is 7.56. The van der Waals surface area contributed by atoms with Crippen LogP contribution in [0, 0.1) is 0 Å². The molecule has 0 spiro atoms. The van der Waals surface area contributed by atoms with Crippen LogP contribution in [0.5, 0.6) is 5.75 Å². The number of hydrogen-bond acceptors (Lipinski definition) is 9. The molecule has 13 nitrogen and oxygen atoms in total. The van der Waals surface area contributed by atoms with Crippen molar-refractivity contribution in [3.8, 4) is 5.75 Å². The van der Waals surface area contributed by atoms with Crippen LogP contribution in [0.25, 0.3) is 0 Å². The van der Waals surface area contributed by atoms with Crippen molar-refractivity contribution in [2.75, 3.05) is 55.9 Å². The number of nitrogens with one attached hydrogen (secondary N) is 2. The second kappa shape index (κ2) is 12.2. The van der Waals surface area contributed by atoms with Gasteiger partial charge in [0.2, 0.25) is 11.9 Å². The summed E-state index contributed by atoms with van der Waals surface area (Å²) in [5, 5.41) is 5.52. The molecule has 1 fully saturated rings. The first-order valence-electron chi connectivity index (χ1n) is 13.8. The van der Waals surface area contributed by atoms with Crippen LogP contribution in [0.1, 0.15) is 34.0 Å². The average Bonchev–Trinajstić information content (AvgIpc) is 3.26.